The van der Waals surface area contributed by atoms with Crippen molar-refractivity contribution >= 4 is 36.0 Å². The third kappa shape index (κ3) is 4.78. The fraction of sp³-hybridized carbons (Fsp3) is 0.0732. The van der Waals surface area contributed by atoms with E-state index in [4.69, 9.17) is 0 Å². The fourth-order valence-corrected chi connectivity index (χ4v) is 8.11. The molecule has 0 fully saturated rings. The first-order valence-electron chi connectivity index (χ1n) is 14.7. The van der Waals surface area contributed by atoms with E-state index in [9.17, 15) is 0 Å². The van der Waals surface area contributed by atoms with Crippen LogP contribution in [0.15, 0.2) is 127 Å². The Labute approximate surface area is 286 Å². The van der Waals surface area contributed by atoms with Crippen molar-refractivity contribution in [3.05, 3.63) is 171 Å². The van der Waals surface area contributed by atoms with Crippen LogP contribution in [0.4, 0.5) is 0 Å². The molecule has 0 bridgehead atoms. The smallest absolute Gasteiger partial charge is 1.00 e. The maximum absolute atomic E-state index is 2.41. The number of halogens is 2. The van der Waals surface area contributed by atoms with Crippen molar-refractivity contribution < 1.29 is 49.5 Å². The standard InChI is InChI=1S/C41H29.2ClH.Zr/c1-26-15-19-29(20-16-26)38(30-21-17-27(2)18-22-30)36-24-23-31-25-37-34-13-6-5-11-32(34)33-12-7-8-14-35(33)41(37)40(31)39(36)28-9-3-4-10-28;;;/h3-9,11-24H,10H2,1-2H3;2*1H;/q;;;+2/p-2. The quantitative estimate of drug-likeness (QED) is 0.252. The van der Waals surface area contributed by atoms with Crippen LogP contribution in [0.2, 0.25) is 0 Å². The second-order valence-electron chi connectivity index (χ2n) is 11.6. The molecule has 211 valence electrons. The Morgan fingerprint density at radius 1 is 0.545 bits per heavy atom. The summed E-state index contributed by atoms with van der Waals surface area (Å²) in [4.78, 5) is 0. The third-order valence-electron chi connectivity index (χ3n) is 8.95. The molecule has 0 saturated carbocycles. The van der Waals surface area contributed by atoms with Gasteiger partial charge in [-0.15, -0.1) is 0 Å². The Kier molecular flexibility index (Phi) is 8.42. The molecule has 6 aromatic carbocycles. The van der Waals surface area contributed by atoms with Gasteiger partial charge in [0.15, 0.2) is 0 Å². The minimum absolute atomic E-state index is 0. The largest absolute Gasteiger partial charge is 1.00 e. The maximum atomic E-state index is 2.41. The van der Waals surface area contributed by atoms with E-state index in [1.807, 2.05) is 0 Å². The molecule has 3 heteroatoms. The fourth-order valence-electron chi connectivity index (χ4n) is 6.96. The average Bonchev–Trinajstić information content (AvgIpc) is 3.66. The Bertz CT molecular complexity index is 2220. The molecule has 0 N–H and O–H groups in total. The van der Waals surface area contributed by atoms with Gasteiger partial charge in [0.25, 0.3) is 0 Å². The van der Waals surface area contributed by atoms with Crippen molar-refractivity contribution in [2.45, 2.75) is 20.3 Å². The molecular weight excluding hydrogens is 655 g/mol. The summed E-state index contributed by atoms with van der Waals surface area (Å²) in [6, 6.07) is 41.0. The van der Waals surface area contributed by atoms with Crippen LogP contribution in [0.3, 0.4) is 0 Å². The molecule has 2 aliphatic carbocycles. The molecule has 0 saturated heterocycles. The Morgan fingerprint density at radius 2 is 1.07 bits per heavy atom. The van der Waals surface area contributed by atoms with Crippen LogP contribution in [0.1, 0.15) is 39.8 Å². The van der Waals surface area contributed by atoms with E-state index in [1.54, 1.807) is 0 Å². The molecule has 6 aromatic rings. The van der Waals surface area contributed by atoms with Crippen LogP contribution in [0.5, 0.6) is 0 Å². The van der Waals surface area contributed by atoms with Crippen molar-refractivity contribution in [3.63, 3.8) is 0 Å². The van der Waals surface area contributed by atoms with Gasteiger partial charge in [0.1, 0.15) is 0 Å². The SMILES string of the molecule is Cc1ccc(C(c2ccc(C)cc2)=c2ccc3c(c2C2=CC=CC2)-c2c(c4ccccc4c4ccccc24)[C]=3[Zr+2])cc1.[Cl-].[Cl-]. The topological polar surface area (TPSA) is 0 Å². The molecule has 0 aromatic heterocycles. The molecule has 8 rings (SSSR count). The molecule has 0 atom stereocenters. The van der Waals surface area contributed by atoms with Gasteiger partial charge >= 0.3 is 263 Å². The van der Waals surface area contributed by atoms with Gasteiger partial charge in [-0.05, 0) is 0 Å². The molecule has 0 amide bonds. The summed E-state index contributed by atoms with van der Waals surface area (Å²) in [5.74, 6) is 0. The van der Waals surface area contributed by atoms with Gasteiger partial charge in [0.05, 0.1) is 0 Å². The van der Waals surface area contributed by atoms with Gasteiger partial charge < -0.3 is 24.8 Å². The molecule has 44 heavy (non-hydrogen) atoms. The predicted molar refractivity (Wildman–Crippen MR) is 174 cm³/mol. The molecule has 0 aliphatic heterocycles. The van der Waals surface area contributed by atoms with E-state index >= 15 is 0 Å². The third-order valence-corrected chi connectivity index (χ3v) is 10.2. The second kappa shape index (κ2) is 12.1. The van der Waals surface area contributed by atoms with Crippen molar-refractivity contribution in [1.82, 2.24) is 0 Å². The van der Waals surface area contributed by atoms with Crippen molar-refractivity contribution in [1.29, 1.82) is 0 Å². The molecular formula is C41H29Cl2Zr. The number of hydrogen-bond donors (Lipinski definition) is 0. The second-order valence-corrected chi connectivity index (χ2v) is 12.8. The van der Waals surface area contributed by atoms with Gasteiger partial charge in [-0.2, -0.15) is 0 Å². The average molecular weight is 684 g/mol. The van der Waals surface area contributed by atoms with Crippen molar-refractivity contribution in [3.8, 4) is 11.1 Å². The number of benzene rings is 6. The maximum Gasteiger partial charge on any atom is -1.00 e. The number of rotatable bonds is 3. The summed E-state index contributed by atoms with van der Waals surface area (Å²) < 4.78 is 1.46. The summed E-state index contributed by atoms with van der Waals surface area (Å²) in [5.41, 5.74) is 13.4. The van der Waals surface area contributed by atoms with Crippen LogP contribution in [0, 0.1) is 13.8 Å². The molecule has 0 heterocycles. The van der Waals surface area contributed by atoms with Crippen molar-refractivity contribution in [2.75, 3.05) is 0 Å². The zero-order chi connectivity index (χ0) is 28.4. The van der Waals surface area contributed by atoms with Crippen LogP contribution in [-0.4, -0.2) is 0 Å². The Hall–Kier alpha value is -3.48. The summed E-state index contributed by atoms with van der Waals surface area (Å²) >= 11 is 1.45. The minimum Gasteiger partial charge on any atom is -1.00 e. The van der Waals surface area contributed by atoms with E-state index in [1.165, 1.54) is 116 Å². The predicted octanol–water partition coefficient (Wildman–Crippen LogP) is 2.89. The zero-order valence-corrected chi connectivity index (χ0v) is 28.6. The number of aryl methyl sites for hydroxylation is 2. The number of allylic oxidation sites excluding steroid dienone is 4. The number of fused-ring (bicyclic) bond motifs is 8. The van der Waals surface area contributed by atoms with Crippen LogP contribution in [-0.2, 0) is 24.7 Å². The van der Waals surface area contributed by atoms with E-state index in [0.717, 1.165) is 6.42 Å². The van der Waals surface area contributed by atoms with Crippen LogP contribution < -0.4 is 35.3 Å². The normalized spacial score (nSPS) is 12.9. The minimum atomic E-state index is 0. The van der Waals surface area contributed by atoms with E-state index in [0.29, 0.717) is 0 Å². The zero-order valence-electron chi connectivity index (χ0n) is 24.6. The molecule has 0 radical (unpaired) electrons. The Balaban J connectivity index is 0.00000171. The summed E-state index contributed by atoms with van der Waals surface area (Å²) in [5, 5.41) is 8.09. The van der Waals surface area contributed by atoms with Crippen LogP contribution >= 0.6 is 0 Å². The Morgan fingerprint density at radius 3 is 1.59 bits per heavy atom. The van der Waals surface area contributed by atoms with Gasteiger partial charge in [0.2, 0.25) is 0 Å². The molecule has 0 unspecified atom stereocenters. The summed E-state index contributed by atoms with van der Waals surface area (Å²) in [7, 11) is 0. The first-order valence-corrected chi connectivity index (χ1v) is 15.9. The van der Waals surface area contributed by atoms with Crippen molar-refractivity contribution in [2.24, 2.45) is 0 Å². The summed E-state index contributed by atoms with van der Waals surface area (Å²) in [6.07, 6.45) is 7.82. The van der Waals surface area contributed by atoms with Gasteiger partial charge in [-0.3, -0.25) is 0 Å². The van der Waals surface area contributed by atoms with Gasteiger partial charge in [0, 0.05) is 0 Å². The van der Waals surface area contributed by atoms with E-state index < -0.39 is 0 Å². The molecule has 2 aliphatic rings. The first-order chi connectivity index (χ1) is 20.6. The summed E-state index contributed by atoms with van der Waals surface area (Å²) in [6.45, 7) is 4.33. The monoisotopic (exact) mass is 681 g/mol. The first kappa shape index (κ1) is 30.5. The van der Waals surface area contributed by atoms with Gasteiger partial charge in [-0.25, -0.2) is 0 Å². The van der Waals surface area contributed by atoms with Crippen LogP contribution in [0.25, 0.3) is 47.1 Å². The molecule has 0 nitrogen and oxygen atoms in total. The number of hydrogen-bond acceptors (Lipinski definition) is 0. The van der Waals surface area contributed by atoms with E-state index in [-0.39, 0.29) is 24.8 Å². The molecule has 0 spiro atoms. The van der Waals surface area contributed by atoms with E-state index in [2.05, 4.69) is 141 Å². The van der Waals surface area contributed by atoms with Gasteiger partial charge in [-0.1, -0.05) is 0 Å².